The summed E-state index contributed by atoms with van der Waals surface area (Å²) in [5.74, 6) is -1.26. The number of rotatable bonds is 4. The summed E-state index contributed by atoms with van der Waals surface area (Å²) < 4.78 is 121. The van der Waals surface area contributed by atoms with E-state index in [1.807, 2.05) is 0 Å². The van der Waals surface area contributed by atoms with Gasteiger partial charge in [0, 0.05) is 12.3 Å². The molecule has 2 atom stereocenters. The van der Waals surface area contributed by atoms with Crippen molar-refractivity contribution in [1.29, 1.82) is 0 Å². The van der Waals surface area contributed by atoms with Gasteiger partial charge in [-0.05, 0) is 60.4 Å². The normalized spacial score (nSPS) is 19.5. The quantitative estimate of drug-likeness (QED) is 0.290. The molecule has 4 rings (SSSR count). The zero-order valence-electron chi connectivity index (χ0n) is 21.3. The molecule has 2 heterocycles. The lowest BCUT2D eigenvalue weighted by Gasteiger charge is -2.48. The van der Waals surface area contributed by atoms with Gasteiger partial charge in [-0.15, -0.1) is 0 Å². The Morgan fingerprint density at radius 1 is 1.00 bits per heavy atom. The lowest BCUT2D eigenvalue weighted by atomic mass is 9.76. The first-order valence-electron chi connectivity index (χ1n) is 12.1. The Labute approximate surface area is 236 Å². The fraction of sp³-hybridized carbons (Fsp3) is 0.346. The molecule has 0 aliphatic carbocycles. The van der Waals surface area contributed by atoms with Gasteiger partial charge < -0.3 is 10.8 Å². The Kier molecular flexibility index (Phi) is 7.91. The van der Waals surface area contributed by atoms with Gasteiger partial charge in [0.05, 0.1) is 40.0 Å². The van der Waals surface area contributed by atoms with Crippen LogP contribution in [0.5, 0.6) is 0 Å². The van der Waals surface area contributed by atoms with Crippen LogP contribution >= 0.6 is 11.6 Å². The second-order valence-corrected chi connectivity index (χ2v) is 10.1. The minimum Gasteiger partial charge on any atom is -0.465 e. The monoisotopic (exact) mass is 626 g/mol. The SMILES string of the molecule is CCC1(N)C(c2nc(Cl)cnc2Cc2cc(C(F)(F)F)cc(C(F)(F)F)c2)Cc2cc(C(F)(F)F)ccc2N1C(=O)O. The number of hydrogen-bond acceptors (Lipinski definition) is 4. The number of carbonyl (C=O) groups is 1. The molecule has 0 fully saturated rings. The van der Waals surface area contributed by atoms with E-state index in [9.17, 15) is 49.4 Å². The molecule has 0 radical (unpaired) electrons. The highest BCUT2D eigenvalue weighted by molar-refractivity contribution is 6.29. The van der Waals surface area contributed by atoms with Crippen LogP contribution < -0.4 is 10.6 Å². The fourth-order valence-corrected chi connectivity index (χ4v) is 5.21. The third kappa shape index (κ3) is 5.98. The van der Waals surface area contributed by atoms with Crippen molar-refractivity contribution in [1.82, 2.24) is 9.97 Å². The van der Waals surface area contributed by atoms with E-state index in [-0.39, 0.29) is 46.7 Å². The molecular formula is C26H20ClF9N4O2. The molecule has 2 aromatic carbocycles. The summed E-state index contributed by atoms with van der Waals surface area (Å²) in [6.07, 6.45) is -16.8. The Bertz CT molecular complexity index is 1490. The van der Waals surface area contributed by atoms with E-state index < -0.39 is 64.9 Å². The van der Waals surface area contributed by atoms with Gasteiger partial charge in [0.25, 0.3) is 0 Å². The molecule has 0 saturated carbocycles. The Balaban J connectivity index is 1.91. The summed E-state index contributed by atoms with van der Waals surface area (Å²) >= 11 is 6.04. The highest BCUT2D eigenvalue weighted by Crippen LogP contribution is 2.47. The largest absolute Gasteiger partial charge is 0.465 e. The summed E-state index contributed by atoms with van der Waals surface area (Å²) in [6.45, 7) is 1.50. The molecule has 2 unspecified atom stereocenters. The number of aromatic nitrogens is 2. The Morgan fingerprint density at radius 2 is 1.57 bits per heavy atom. The number of carboxylic acid groups (broad SMARTS) is 1. The standard InChI is InChI=1S/C26H20ClF9N4O2/c1-2-23(37)17(9-13-8-14(24(28,29)30)3-4-19(13)40(23)22(41)42)21-18(38-11-20(27)39-21)7-12-5-15(25(31,32)33)10-16(6-12)26(34,35)36/h3-6,8,10-11,17H,2,7,9,37H2,1H3,(H,41,42). The van der Waals surface area contributed by atoms with Gasteiger partial charge in [-0.1, -0.05) is 18.5 Å². The minimum absolute atomic E-state index is 0.0407. The van der Waals surface area contributed by atoms with Crippen LogP contribution in [-0.4, -0.2) is 26.8 Å². The van der Waals surface area contributed by atoms with E-state index in [0.717, 1.165) is 18.3 Å². The number of nitrogens with two attached hydrogens (primary N) is 1. The van der Waals surface area contributed by atoms with Gasteiger partial charge in [0.2, 0.25) is 0 Å². The average Bonchev–Trinajstić information content (AvgIpc) is 2.87. The number of anilines is 1. The lowest BCUT2D eigenvalue weighted by molar-refractivity contribution is -0.143. The van der Waals surface area contributed by atoms with E-state index in [2.05, 4.69) is 9.97 Å². The topological polar surface area (TPSA) is 92.3 Å². The Hall–Kier alpha value is -3.59. The van der Waals surface area contributed by atoms with Crippen molar-refractivity contribution in [2.75, 3.05) is 4.90 Å². The molecule has 3 aromatic rings. The zero-order valence-corrected chi connectivity index (χ0v) is 22.1. The van der Waals surface area contributed by atoms with Crippen LogP contribution in [-0.2, 0) is 31.4 Å². The molecule has 1 aromatic heterocycles. The summed E-state index contributed by atoms with van der Waals surface area (Å²) in [5, 5.41) is 9.79. The van der Waals surface area contributed by atoms with Gasteiger partial charge in [-0.2, -0.15) is 39.5 Å². The highest BCUT2D eigenvalue weighted by atomic mass is 35.5. The molecule has 3 N–H and O–H groups in total. The number of benzene rings is 2. The fourth-order valence-electron chi connectivity index (χ4n) is 5.08. The predicted molar refractivity (Wildman–Crippen MR) is 132 cm³/mol. The van der Waals surface area contributed by atoms with Crippen molar-refractivity contribution in [3.63, 3.8) is 0 Å². The molecule has 1 aliphatic rings. The second-order valence-electron chi connectivity index (χ2n) is 9.68. The van der Waals surface area contributed by atoms with Crippen molar-refractivity contribution in [3.8, 4) is 0 Å². The number of amides is 1. The molecule has 1 aliphatic heterocycles. The third-order valence-electron chi connectivity index (χ3n) is 7.05. The number of hydrogen-bond donors (Lipinski definition) is 2. The van der Waals surface area contributed by atoms with Crippen molar-refractivity contribution in [3.05, 3.63) is 87.0 Å². The number of fused-ring (bicyclic) bond motifs is 1. The molecule has 1 amide bonds. The molecule has 0 spiro atoms. The van der Waals surface area contributed by atoms with Crippen molar-refractivity contribution in [2.45, 2.75) is 56.3 Å². The molecule has 0 bridgehead atoms. The maximum absolute atomic E-state index is 13.5. The van der Waals surface area contributed by atoms with Crippen molar-refractivity contribution in [2.24, 2.45) is 5.73 Å². The highest BCUT2D eigenvalue weighted by Gasteiger charge is 2.50. The van der Waals surface area contributed by atoms with Gasteiger partial charge >= 0.3 is 24.6 Å². The number of nitrogens with zero attached hydrogens (tertiary/aromatic N) is 3. The van der Waals surface area contributed by atoms with E-state index in [0.29, 0.717) is 23.1 Å². The van der Waals surface area contributed by atoms with Gasteiger partial charge in [0.1, 0.15) is 10.8 Å². The summed E-state index contributed by atoms with van der Waals surface area (Å²) in [6, 6.07) is 3.36. The van der Waals surface area contributed by atoms with E-state index in [1.165, 1.54) is 6.92 Å². The minimum atomic E-state index is -5.12. The van der Waals surface area contributed by atoms with Gasteiger partial charge in [0.15, 0.2) is 0 Å². The van der Waals surface area contributed by atoms with Gasteiger partial charge in [-0.25, -0.2) is 9.78 Å². The van der Waals surface area contributed by atoms with Crippen LogP contribution in [0.1, 0.15) is 58.5 Å². The average molecular weight is 627 g/mol. The number of halogens is 10. The first-order valence-corrected chi connectivity index (χ1v) is 12.4. The van der Waals surface area contributed by atoms with Crippen LogP contribution in [0.25, 0.3) is 0 Å². The van der Waals surface area contributed by atoms with Crippen molar-refractivity contribution >= 4 is 23.4 Å². The van der Waals surface area contributed by atoms with E-state index in [1.54, 1.807) is 0 Å². The van der Waals surface area contributed by atoms with Gasteiger partial charge in [-0.3, -0.25) is 9.88 Å². The molecule has 226 valence electrons. The van der Waals surface area contributed by atoms with Crippen LogP contribution in [0.3, 0.4) is 0 Å². The molecule has 6 nitrogen and oxygen atoms in total. The summed E-state index contributed by atoms with van der Waals surface area (Å²) in [4.78, 5) is 21.3. The van der Waals surface area contributed by atoms with Crippen LogP contribution in [0.2, 0.25) is 5.15 Å². The molecule has 42 heavy (non-hydrogen) atoms. The number of alkyl halides is 9. The molecule has 0 saturated heterocycles. The van der Waals surface area contributed by atoms with Crippen LogP contribution in [0.4, 0.5) is 50.0 Å². The predicted octanol–water partition coefficient (Wildman–Crippen LogP) is 7.67. The van der Waals surface area contributed by atoms with Crippen molar-refractivity contribution < 1.29 is 49.4 Å². The van der Waals surface area contributed by atoms with E-state index in [4.69, 9.17) is 17.3 Å². The molecule has 16 heteroatoms. The smallest absolute Gasteiger partial charge is 0.416 e. The first kappa shape index (κ1) is 31.3. The first-order chi connectivity index (χ1) is 19.3. The maximum Gasteiger partial charge on any atom is 0.416 e. The maximum atomic E-state index is 13.5. The van der Waals surface area contributed by atoms with E-state index >= 15 is 0 Å². The lowest BCUT2D eigenvalue weighted by Crippen LogP contribution is -2.64. The summed E-state index contributed by atoms with van der Waals surface area (Å²) in [5.41, 5.74) is -0.533. The van der Waals surface area contributed by atoms with Crippen LogP contribution in [0.15, 0.2) is 42.6 Å². The third-order valence-corrected chi connectivity index (χ3v) is 7.23. The van der Waals surface area contributed by atoms with Crippen LogP contribution in [0, 0.1) is 0 Å². The Morgan fingerprint density at radius 3 is 2.07 bits per heavy atom. The second kappa shape index (κ2) is 10.6. The summed E-state index contributed by atoms with van der Waals surface area (Å²) in [7, 11) is 0. The zero-order chi connectivity index (χ0) is 31.4. The molecular weight excluding hydrogens is 607 g/mol.